The van der Waals surface area contributed by atoms with E-state index in [-0.39, 0.29) is 30.3 Å². The highest BCUT2D eigenvalue weighted by atomic mass is 35.5. The van der Waals surface area contributed by atoms with Crippen molar-refractivity contribution in [3.05, 3.63) is 111 Å². The molecule has 0 aliphatic carbocycles. The van der Waals surface area contributed by atoms with Crippen molar-refractivity contribution in [2.75, 3.05) is 55.6 Å². The molecule has 0 radical (unpaired) electrons. The molecule has 4 fully saturated rings. The molecule has 1 aromatic heterocycles. The lowest BCUT2D eigenvalue weighted by atomic mass is 9.71. The monoisotopic (exact) mass is 882 g/mol. The number of piperidine rings is 4. The maximum atomic E-state index is 13.4. The Morgan fingerprint density at radius 2 is 1.55 bits per heavy atom. The van der Waals surface area contributed by atoms with Crippen LogP contribution in [0.1, 0.15) is 121 Å². The van der Waals surface area contributed by atoms with E-state index in [9.17, 15) is 24.4 Å². The second kappa shape index (κ2) is 17.6. The number of amides is 4. The number of nitriles is 1. The number of rotatable bonds is 10. The lowest BCUT2D eigenvalue weighted by Crippen LogP contribution is -2.54. The van der Waals surface area contributed by atoms with E-state index in [1.807, 2.05) is 49.5 Å². The Bertz CT molecular complexity index is 2500. The summed E-state index contributed by atoms with van der Waals surface area (Å²) in [6, 6.07) is 22.2. The van der Waals surface area contributed by atoms with Gasteiger partial charge in [-0.25, -0.2) is 9.97 Å². The van der Waals surface area contributed by atoms with Crippen LogP contribution in [0.25, 0.3) is 0 Å². The number of hydrogen-bond acceptors (Lipinski definition) is 11. The minimum Gasteiger partial charge on any atom is -0.484 e. The third-order valence-corrected chi connectivity index (χ3v) is 14.9. The Balaban J connectivity index is 0.725. The van der Waals surface area contributed by atoms with Crippen LogP contribution in [0.15, 0.2) is 72.9 Å². The summed E-state index contributed by atoms with van der Waals surface area (Å²) in [6.07, 6.45) is 8.63. The molecule has 1 spiro atoms. The zero-order valence-corrected chi connectivity index (χ0v) is 37.6. The highest BCUT2D eigenvalue weighted by Crippen LogP contribution is 2.43. The first-order valence-corrected chi connectivity index (χ1v) is 23.1. The van der Waals surface area contributed by atoms with E-state index in [0.717, 1.165) is 111 Å². The number of aromatic nitrogens is 2. The van der Waals surface area contributed by atoms with Crippen LogP contribution >= 0.6 is 11.6 Å². The first-order chi connectivity index (χ1) is 30.8. The molecule has 4 amide bonds. The third-order valence-electron chi connectivity index (χ3n) is 14.7. The Morgan fingerprint density at radius 3 is 2.25 bits per heavy atom. The third kappa shape index (κ3) is 8.70. The molecule has 0 saturated carbocycles. The number of fused-ring (bicyclic) bond motifs is 1. The molecule has 6 heterocycles. The zero-order chi connectivity index (χ0) is 44.8. The van der Waals surface area contributed by atoms with Crippen molar-refractivity contribution in [2.24, 2.45) is 11.3 Å². The van der Waals surface area contributed by atoms with Crippen molar-refractivity contribution in [3.63, 3.8) is 0 Å². The molecule has 2 unspecified atom stereocenters. The first-order valence-electron chi connectivity index (χ1n) is 22.7. The molecule has 13 nitrogen and oxygen atoms in total. The van der Waals surface area contributed by atoms with Gasteiger partial charge >= 0.3 is 0 Å². The van der Waals surface area contributed by atoms with E-state index >= 15 is 0 Å². The number of halogens is 1. The lowest BCUT2D eigenvalue weighted by molar-refractivity contribution is -0.136. The smallest absolute Gasteiger partial charge is 0.262 e. The predicted molar refractivity (Wildman–Crippen MR) is 243 cm³/mol. The van der Waals surface area contributed by atoms with Crippen molar-refractivity contribution in [1.29, 1.82) is 5.26 Å². The molecule has 3 aromatic carbocycles. The van der Waals surface area contributed by atoms with Gasteiger partial charge in [-0.05, 0) is 142 Å². The molecular formula is C50H55ClN8O5. The summed E-state index contributed by atoms with van der Waals surface area (Å²) in [5.41, 5.74) is 5.02. The maximum Gasteiger partial charge on any atom is 0.262 e. The second-order valence-electron chi connectivity index (χ2n) is 18.9. The normalized spacial score (nSPS) is 21.2. The number of anilines is 2. The van der Waals surface area contributed by atoms with Crippen molar-refractivity contribution in [3.8, 4) is 11.8 Å². The summed E-state index contributed by atoms with van der Waals surface area (Å²) >= 11 is 6.33. The number of imide groups is 2. The summed E-state index contributed by atoms with van der Waals surface area (Å²) < 4.78 is 6.38. The first kappa shape index (κ1) is 43.4. The van der Waals surface area contributed by atoms with Gasteiger partial charge in [-0.15, -0.1) is 0 Å². The van der Waals surface area contributed by atoms with Crippen LogP contribution in [0, 0.1) is 22.7 Å². The fourth-order valence-corrected chi connectivity index (χ4v) is 10.7. The van der Waals surface area contributed by atoms with E-state index in [0.29, 0.717) is 33.0 Å². The number of ether oxygens (including phenoxy) is 1. The minimum atomic E-state index is -0.962. The highest BCUT2D eigenvalue weighted by molar-refractivity contribution is 6.30. The summed E-state index contributed by atoms with van der Waals surface area (Å²) in [4.78, 5) is 68.7. The molecule has 64 heavy (non-hydrogen) atoms. The molecule has 1 N–H and O–H groups in total. The molecular weight excluding hydrogens is 828 g/mol. The molecule has 14 heteroatoms. The topological polar surface area (TPSA) is 152 Å². The van der Waals surface area contributed by atoms with Gasteiger partial charge in [0.15, 0.2) is 0 Å². The standard InChI is InChI=1S/C50H55ClN8O5/c1-32(64-39-7-4-35(5-8-39)49(2,3)36-26-34(30-52)27-37(51)28-36)42-12-19-53-48(54-42)58-24-17-50(18-25-58)15-22-56(23-16-50)31-33-13-20-57(21-14-33)38-6-9-40-41(29-38)47(63)59(46(40)62)43-10-11-44(60)55-45(43)61/h4-9,12,19,26-29,32-33,43H,10-11,13-18,20-25,31H2,1-3H3,(H,55,60,61). The summed E-state index contributed by atoms with van der Waals surface area (Å²) in [7, 11) is 0. The fraction of sp³-hybridized carbons (Fsp3) is 0.460. The number of benzene rings is 3. The molecule has 5 aliphatic heterocycles. The summed E-state index contributed by atoms with van der Waals surface area (Å²) in [5.74, 6) is 0.202. The van der Waals surface area contributed by atoms with Gasteiger partial charge in [0.1, 0.15) is 17.9 Å². The average molecular weight is 883 g/mol. The fourth-order valence-electron chi connectivity index (χ4n) is 10.4. The van der Waals surface area contributed by atoms with Gasteiger partial charge in [0.25, 0.3) is 11.8 Å². The van der Waals surface area contributed by atoms with Gasteiger partial charge in [-0.3, -0.25) is 29.4 Å². The number of nitrogens with zero attached hydrogens (tertiary/aromatic N) is 7. The minimum absolute atomic E-state index is 0.101. The quantitative estimate of drug-likeness (QED) is 0.158. The van der Waals surface area contributed by atoms with Gasteiger partial charge in [-0.1, -0.05) is 37.6 Å². The Hall–Kier alpha value is -5.84. The van der Waals surface area contributed by atoms with Gasteiger partial charge in [0, 0.05) is 61.5 Å². The van der Waals surface area contributed by atoms with Crippen LogP contribution in [0.3, 0.4) is 0 Å². The molecule has 9 rings (SSSR count). The SMILES string of the molecule is CC(Oc1ccc(C(C)(C)c2cc(Cl)cc(C#N)c2)cc1)c1ccnc(N2CCC3(CCN(CC4CCN(c5ccc6c(c5)C(=O)N(C5CCC(=O)NC5=O)C6=O)CC4)CC3)CC2)n1. The second-order valence-corrected chi connectivity index (χ2v) is 19.4. The van der Waals surface area contributed by atoms with Crippen LogP contribution in [0.5, 0.6) is 5.75 Å². The van der Waals surface area contributed by atoms with Gasteiger partial charge in [0.05, 0.1) is 28.5 Å². The highest BCUT2D eigenvalue weighted by Gasteiger charge is 2.45. The van der Waals surface area contributed by atoms with E-state index in [1.54, 1.807) is 18.2 Å². The van der Waals surface area contributed by atoms with Gasteiger partial charge in [-0.2, -0.15) is 5.26 Å². The maximum absolute atomic E-state index is 13.4. The summed E-state index contributed by atoms with van der Waals surface area (Å²) in [6.45, 7) is 13.2. The number of carbonyl (C=O) groups excluding carboxylic acids is 4. The van der Waals surface area contributed by atoms with Crippen LogP contribution in [-0.2, 0) is 15.0 Å². The Labute approximate surface area is 379 Å². The predicted octanol–water partition coefficient (Wildman–Crippen LogP) is 7.47. The molecule has 332 valence electrons. The molecule has 4 aromatic rings. The van der Waals surface area contributed by atoms with Crippen molar-refractivity contribution >= 4 is 46.9 Å². The van der Waals surface area contributed by atoms with Gasteiger partial charge < -0.3 is 19.4 Å². The van der Waals surface area contributed by atoms with Crippen LogP contribution in [-0.4, -0.2) is 95.3 Å². The molecule has 0 bridgehead atoms. The number of hydrogen-bond donors (Lipinski definition) is 1. The molecule has 2 atom stereocenters. The van der Waals surface area contributed by atoms with Crippen LogP contribution < -0.4 is 19.9 Å². The van der Waals surface area contributed by atoms with Crippen molar-refractivity contribution in [2.45, 2.75) is 89.7 Å². The number of carbonyl (C=O) groups is 4. The van der Waals surface area contributed by atoms with E-state index in [4.69, 9.17) is 21.3 Å². The van der Waals surface area contributed by atoms with Crippen LogP contribution in [0.2, 0.25) is 5.02 Å². The largest absolute Gasteiger partial charge is 0.484 e. The molecule has 5 aliphatic rings. The Morgan fingerprint density at radius 1 is 0.844 bits per heavy atom. The van der Waals surface area contributed by atoms with E-state index in [1.165, 1.54) is 12.8 Å². The molecule has 4 saturated heterocycles. The summed E-state index contributed by atoms with van der Waals surface area (Å²) in [5, 5.41) is 12.3. The lowest BCUT2D eigenvalue weighted by Gasteiger charge is -2.47. The number of likely N-dealkylation sites (tertiary alicyclic amines) is 1. The van der Waals surface area contributed by atoms with Gasteiger partial charge in [0.2, 0.25) is 17.8 Å². The van der Waals surface area contributed by atoms with E-state index < -0.39 is 23.8 Å². The number of nitrogens with one attached hydrogen (secondary N) is 1. The van der Waals surface area contributed by atoms with E-state index in [2.05, 4.69) is 57.0 Å². The zero-order valence-electron chi connectivity index (χ0n) is 36.8. The average Bonchev–Trinajstić information content (AvgIpc) is 3.55. The van der Waals surface area contributed by atoms with Crippen LogP contribution in [0.4, 0.5) is 11.6 Å². The van der Waals surface area contributed by atoms with Crippen molar-refractivity contribution in [1.82, 2.24) is 25.1 Å². The Kier molecular flexibility index (Phi) is 11.9. The van der Waals surface area contributed by atoms with Crippen molar-refractivity contribution < 1.29 is 23.9 Å².